The Hall–Kier alpha value is -1.14. The zero-order valence-electron chi connectivity index (χ0n) is 9.77. The minimum Gasteiger partial charge on any atom is -0.330 e. The van der Waals surface area contributed by atoms with Gasteiger partial charge in [0.15, 0.2) is 4.77 Å². The van der Waals surface area contributed by atoms with Crippen LogP contribution in [0.15, 0.2) is 42.5 Å². The lowest BCUT2D eigenvalue weighted by molar-refractivity contribution is 1.06. The number of rotatable bonds is 1. The molecule has 0 saturated carbocycles. The van der Waals surface area contributed by atoms with E-state index < -0.39 is 0 Å². The Morgan fingerprint density at radius 2 is 1.83 bits per heavy atom. The van der Waals surface area contributed by atoms with E-state index in [-0.39, 0.29) is 0 Å². The van der Waals surface area contributed by atoms with Gasteiger partial charge in [0, 0.05) is 9.26 Å². The standard InChI is InChI=1S/C14H11IN2S/c1-9-2-7-12-13(8-9)17(14(18)16-12)11-5-3-10(15)4-6-11/h2-8H,1H3,(H,16,18). The molecule has 2 nitrogen and oxygen atoms in total. The van der Waals surface area contributed by atoms with Gasteiger partial charge in [0.05, 0.1) is 11.0 Å². The summed E-state index contributed by atoms with van der Waals surface area (Å²) in [5.74, 6) is 0. The Morgan fingerprint density at radius 3 is 2.56 bits per heavy atom. The van der Waals surface area contributed by atoms with E-state index in [2.05, 4.69) is 81.5 Å². The number of H-pyrrole nitrogens is 1. The van der Waals surface area contributed by atoms with Crippen molar-refractivity contribution in [2.75, 3.05) is 0 Å². The molecular formula is C14H11IN2S. The van der Waals surface area contributed by atoms with Crippen LogP contribution in [0.4, 0.5) is 0 Å². The third kappa shape index (κ3) is 1.99. The van der Waals surface area contributed by atoms with E-state index in [0.717, 1.165) is 21.5 Å². The van der Waals surface area contributed by atoms with Crippen molar-refractivity contribution in [1.82, 2.24) is 9.55 Å². The van der Waals surface area contributed by atoms with Crippen LogP contribution in [-0.4, -0.2) is 9.55 Å². The maximum Gasteiger partial charge on any atom is 0.182 e. The molecule has 0 aliphatic carbocycles. The van der Waals surface area contributed by atoms with Gasteiger partial charge in [-0.05, 0) is 83.7 Å². The number of aromatic amines is 1. The fourth-order valence-electron chi connectivity index (χ4n) is 2.06. The molecule has 18 heavy (non-hydrogen) atoms. The summed E-state index contributed by atoms with van der Waals surface area (Å²) in [7, 11) is 0. The lowest BCUT2D eigenvalue weighted by Crippen LogP contribution is -1.93. The lowest BCUT2D eigenvalue weighted by atomic mass is 10.2. The van der Waals surface area contributed by atoms with Gasteiger partial charge in [0.2, 0.25) is 0 Å². The van der Waals surface area contributed by atoms with Crippen molar-refractivity contribution in [3.8, 4) is 5.69 Å². The van der Waals surface area contributed by atoms with E-state index in [4.69, 9.17) is 12.2 Å². The fourth-order valence-corrected chi connectivity index (χ4v) is 2.73. The van der Waals surface area contributed by atoms with Gasteiger partial charge in [-0.3, -0.25) is 4.57 Å². The highest BCUT2D eigenvalue weighted by atomic mass is 127. The van der Waals surface area contributed by atoms with Crippen LogP contribution in [0, 0.1) is 15.3 Å². The molecule has 2 aromatic carbocycles. The van der Waals surface area contributed by atoms with E-state index in [1.807, 2.05) is 0 Å². The average Bonchev–Trinajstić information content (AvgIpc) is 2.66. The number of halogens is 1. The molecule has 0 amide bonds. The van der Waals surface area contributed by atoms with Gasteiger partial charge in [-0.2, -0.15) is 0 Å². The second kappa shape index (κ2) is 4.51. The molecule has 4 heteroatoms. The summed E-state index contributed by atoms with van der Waals surface area (Å²) in [6.07, 6.45) is 0. The van der Waals surface area contributed by atoms with Crippen molar-refractivity contribution >= 4 is 45.8 Å². The minimum absolute atomic E-state index is 0.733. The summed E-state index contributed by atoms with van der Waals surface area (Å²) in [4.78, 5) is 3.24. The third-order valence-corrected chi connectivity index (χ3v) is 3.93. The number of benzene rings is 2. The number of hydrogen-bond donors (Lipinski definition) is 1. The number of aromatic nitrogens is 2. The summed E-state index contributed by atoms with van der Waals surface area (Å²) >= 11 is 7.72. The largest absolute Gasteiger partial charge is 0.330 e. The summed E-state index contributed by atoms with van der Waals surface area (Å²) in [5, 5.41) is 0. The highest BCUT2D eigenvalue weighted by Gasteiger charge is 2.06. The second-order valence-corrected chi connectivity index (χ2v) is 5.89. The van der Waals surface area contributed by atoms with Crippen molar-refractivity contribution in [2.24, 2.45) is 0 Å². The summed E-state index contributed by atoms with van der Waals surface area (Å²) < 4.78 is 4.03. The van der Waals surface area contributed by atoms with Gasteiger partial charge in [-0.15, -0.1) is 0 Å². The molecule has 0 saturated heterocycles. The number of nitrogens with one attached hydrogen (secondary N) is 1. The Kier molecular flexibility index (Phi) is 2.99. The number of nitrogens with zero attached hydrogens (tertiary/aromatic N) is 1. The Bertz CT molecular complexity index is 769. The SMILES string of the molecule is Cc1ccc2[nH]c(=S)n(-c3ccc(I)cc3)c2c1. The molecule has 0 aliphatic heterocycles. The maximum atomic E-state index is 5.42. The Labute approximate surface area is 124 Å². The summed E-state index contributed by atoms with van der Waals surface area (Å²) in [6, 6.07) is 14.7. The molecule has 3 rings (SSSR count). The van der Waals surface area contributed by atoms with Gasteiger partial charge in [0.25, 0.3) is 0 Å². The molecule has 0 fully saturated rings. The quantitative estimate of drug-likeness (QED) is 0.493. The van der Waals surface area contributed by atoms with Crippen LogP contribution in [0.2, 0.25) is 0 Å². The molecule has 0 unspecified atom stereocenters. The van der Waals surface area contributed by atoms with E-state index in [0.29, 0.717) is 0 Å². The maximum absolute atomic E-state index is 5.42. The van der Waals surface area contributed by atoms with Gasteiger partial charge in [0.1, 0.15) is 0 Å². The molecule has 1 N–H and O–H groups in total. The molecular weight excluding hydrogens is 355 g/mol. The van der Waals surface area contributed by atoms with Crippen molar-refractivity contribution in [1.29, 1.82) is 0 Å². The molecule has 0 atom stereocenters. The number of fused-ring (bicyclic) bond motifs is 1. The van der Waals surface area contributed by atoms with Crippen LogP contribution < -0.4 is 0 Å². The number of hydrogen-bond acceptors (Lipinski definition) is 1. The molecule has 3 aromatic rings. The first-order valence-electron chi connectivity index (χ1n) is 5.62. The first-order chi connectivity index (χ1) is 8.65. The smallest absolute Gasteiger partial charge is 0.182 e. The normalized spacial score (nSPS) is 11.0. The van der Waals surface area contributed by atoms with Crippen LogP contribution in [0.25, 0.3) is 16.7 Å². The zero-order valence-corrected chi connectivity index (χ0v) is 12.7. The monoisotopic (exact) mass is 366 g/mol. The van der Waals surface area contributed by atoms with Crippen LogP contribution in [0.1, 0.15) is 5.56 Å². The van der Waals surface area contributed by atoms with Crippen molar-refractivity contribution in [3.63, 3.8) is 0 Å². The number of aryl methyl sites for hydroxylation is 1. The predicted octanol–water partition coefficient (Wildman–Crippen LogP) is 4.60. The first kappa shape index (κ1) is 11.9. The lowest BCUT2D eigenvalue weighted by Gasteiger charge is -2.05. The van der Waals surface area contributed by atoms with Gasteiger partial charge < -0.3 is 4.98 Å². The third-order valence-electron chi connectivity index (χ3n) is 2.92. The molecule has 0 bridgehead atoms. The second-order valence-electron chi connectivity index (χ2n) is 4.26. The summed E-state index contributed by atoms with van der Waals surface area (Å²) in [6.45, 7) is 2.09. The first-order valence-corrected chi connectivity index (χ1v) is 7.11. The predicted molar refractivity (Wildman–Crippen MR) is 85.9 cm³/mol. The highest BCUT2D eigenvalue weighted by Crippen LogP contribution is 2.21. The van der Waals surface area contributed by atoms with Gasteiger partial charge in [-0.1, -0.05) is 6.07 Å². The Morgan fingerprint density at radius 1 is 1.11 bits per heavy atom. The topological polar surface area (TPSA) is 20.7 Å². The summed E-state index contributed by atoms with van der Waals surface area (Å²) in [5.41, 5.74) is 4.53. The van der Waals surface area contributed by atoms with Crippen molar-refractivity contribution < 1.29 is 0 Å². The Balaban J connectivity index is 2.34. The fraction of sp³-hybridized carbons (Fsp3) is 0.0714. The molecule has 90 valence electrons. The van der Waals surface area contributed by atoms with E-state index in [1.165, 1.54) is 9.13 Å². The van der Waals surface area contributed by atoms with Gasteiger partial charge in [-0.25, -0.2) is 0 Å². The van der Waals surface area contributed by atoms with Crippen LogP contribution in [0.3, 0.4) is 0 Å². The van der Waals surface area contributed by atoms with Crippen LogP contribution >= 0.6 is 34.8 Å². The molecule has 0 aliphatic rings. The molecule has 0 spiro atoms. The van der Waals surface area contributed by atoms with E-state index in [9.17, 15) is 0 Å². The number of imidazole rings is 1. The average molecular weight is 366 g/mol. The van der Waals surface area contributed by atoms with E-state index >= 15 is 0 Å². The molecule has 1 heterocycles. The molecule has 0 radical (unpaired) electrons. The highest BCUT2D eigenvalue weighted by molar-refractivity contribution is 14.1. The van der Waals surface area contributed by atoms with Crippen molar-refractivity contribution in [3.05, 3.63) is 56.4 Å². The van der Waals surface area contributed by atoms with Crippen molar-refractivity contribution in [2.45, 2.75) is 6.92 Å². The minimum atomic E-state index is 0.733. The molecule has 1 aromatic heterocycles. The zero-order chi connectivity index (χ0) is 12.7. The van der Waals surface area contributed by atoms with Crippen LogP contribution in [-0.2, 0) is 0 Å². The van der Waals surface area contributed by atoms with Crippen LogP contribution in [0.5, 0.6) is 0 Å². The van der Waals surface area contributed by atoms with Gasteiger partial charge >= 0.3 is 0 Å². The van der Waals surface area contributed by atoms with E-state index in [1.54, 1.807) is 0 Å².